The van der Waals surface area contributed by atoms with Crippen molar-refractivity contribution in [2.45, 2.75) is 26.3 Å². The summed E-state index contributed by atoms with van der Waals surface area (Å²) in [6.07, 6.45) is 0.838. The molecule has 0 spiro atoms. The van der Waals surface area contributed by atoms with E-state index in [1.165, 1.54) is 0 Å². The van der Waals surface area contributed by atoms with E-state index >= 15 is 0 Å². The number of carbonyl (C=O) groups excluding carboxylic acids is 2. The predicted octanol–water partition coefficient (Wildman–Crippen LogP) is 2.81. The van der Waals surface area contributed by atoms with Gasteiger partial charge < -0.3 is 14.8 Å². The number of ether oxygens (including phenoxy) is 2. The summed E-state index contributed by atoms with van der Waals surface area (Å²) < 4.78 is 9.93. The van der Waals surface area contributed by atoms with Crippen molar-refractivity contribution in [3.05, 3.63) is 48.0 Å². The van der Waals surface area contributed by atoms with Gasteiger partial charge in [-0.2, -0.15) is 0 Å². The first kappa shape index (κ1) is 16.8. The first-order valence-electron chi connectivity index (χ1n) is 6.87. The van der Waals surface area contributed by atoms with Gasteiger partial charge in [-0.3, -0.25) is 0 Å². The highest BCUT2D eigenvalue weighted by Gasteiger charge is 2.03. The molecular weight excluding hydrogens is 270 g/mol. The molecule has 0 unspecified atom stereocenters. The van der Waals surface area contributed by atoms with Crippen LogP contribution in [-0.2, 0) is 20.8 Å². The summed E-state index contributed by atoms with van der Waals surface area (Å²) in [7, 11) is 0. The molecule has 0 bridgehead atoms. The summed E-state index contributed by atoms with van der Waals surface area (Å²) in [5, 5.41) is 2.66. The van der Waals surface area contributed by atoms with Crippen LogP contribution in [0.2, 0.25) is 0 Å². The number of hydrogen-bond acceptors (Lipinski definition) is 4. The Bertz CT molecular complexity index is 470. The first-order valence-corrected chi connectivity index (χ1v) is 6.87. The number of hydrogen-bond donors (Lipinski definition) is 1. The van der Waals surface area contributed by atoms with Crippen molar-refractivity contribution in [1.82, 2.24) is 5.32 Å². The summed E-state index contributed by atoms with van der Waals surface area (Å²) in [6.45, 7) is 6.13. The van der Waals surface area contributed by atoms with Crippen LogP contribution in [0.3, 0.4) is 0 Å². The average molecular weight is 291 g/mol. The number of nitrogens with one attached hydrogen (secondary N) is 1. The van der Waals surface area contributed by atoms with Crippen molar-refractivity contribution in [1.29, 1.82) is 0 Å². The third-order valence-electron chi connectivity index (χ3n) is 2.63. The van der Waals surface area contributed by atoms with E-state index in [0.29, 0.717) is 38.2 Å². The number of alkyl carbamates (subject to hydrolysis) is 1. The van der Waals surface area contributed by atoms with Gasteiger partial charge in [0.05, 0.1) is 13.2 Å². The molecule has 0 fully saturated rings. The summed E-state index contributed by atoms with van der Waals surface area (Å²) in [4.78, 5) is 22.5. The van der Waals surface area contributed by atoms with E-state index in [1.54, 1.807) is 6.92 Å². The summed E-state index contributed by atoms with van der Waals surface area (Å²) in [5.74, 6) is -0.392. The molecule has 5 heteroatoms. The van der Waals surface area contributed by atoms with E-state index in [4.69, 9.17) is 9.47 Å². The fourth-order valence-electron chi connectivity index (χ4n) is 1.48. The van der Waals surface area contributed by atoms with Crippen molar-refractivity contribution in [3.8, 4) is 0 Å². The smallest absolute Gasteiger partial charge is 0.407 e. The molecule has 0 aliphatic carbocycles. The Morgan fingerprint density at radius 1 is 1.10 bits per heavy atom. The second kappa shape index (κ2) is 9.58. The highest BCUT2D eigenvalue weighted by atomic mass is 16.5. The van der Waals surface area contributed by atoms with E-state index in [-0.39, 0.29) is 0 Å². The van der Waals surface area contributed by atoms with E-state index in [0.717, 1.165) is 5.56 Å². The van der Waals surface area contributed by atoms with Crippen molar-refractivity contribution >= 4 is 12.1 Å². The zero-order valence-corrected chi connectivity index (χ0v) is 12.3. The molecule has 0 saturated carbocycles. The Morgan fingerprint density at radius 3 is 2.33 bits per heavy atom. The summed E-state index contributed by atoms with van der Waals surface area (Å²) in [5.41, 5.74) is 1.40. The number of carbonyl (C=O) groups is 2. The largest absolute Gasteiger partial charge is 0.462 e. The minimum Gasteiger partial charge on any atom is -0.462 e. The van der Waals surface area contributed by atoms with Crippen LogP contribution < -0.4 is 5.32 Å². The quantitative estimate of drug-likeness (QED) is 0.454. The van der Waals surface area contributed by atoms with Crippen LogP contribution in [0.1, 0.15) is 25.3 Å². The molecule has 0 aliphatic heterocycles. The lowest BCUT2D eigenvalue weighted by atomic mass is 10.2. The molecule has 1 rings (SSSR count). The van der Waals surface area contributed by atoms with Gasteiger partial charge in [0.1, 0.15) is 0 Å². The van der Waals surface area contributed by atoms with Gasteiger partial charge >= 0.3 is 12.1 Å². The topological polar surface area (TPSA) is 64.6 Å². The zero-order valence-electron chi connectivity index (χ0n) is 12.3. The fraction of sp³-hybridized carbons (Fsp3) is 0.375. The molecular formula is C16H21NO4. The van der Waals surface area contributed by atoms with Crippen LogP contribution in [0, 0.1) is 0 Å². The molecule has 114 valence electrons. The molecule has 21 heavy (non-hydrogen) atoms. The molecule has 0 atom stereocenters. The molecule has 0 radical (unpaired) electrons. The number of esters is 1. The number of amides is 1. The maximum absolute atomic E-state index is 11.4. The summed E-state index contributed by atoms with van der Waals surface area (Å²) >= 11 is 0. The van der Waals surface area contributed by atoms with E-state index in [9.17, 15) is 9.59 Å². The van der Waals surface area contributed by atoms with Gasteiger partial charge in [-0.05, 0) is 25.3 Å². The second-order valence-electron chi connectivity index (χ2n) is 4.60. The van der Waals surface area contributed by atoms with Crippen molar-refractivity contribution in [2.24, 2.45) is 0 Å². The number of unbranched alkanes of at least 4 members (excludes halogenated alkanes) is 1. The van der Waals surface area contributed by atoms with E-state index < -0.39 is 12.1 Å². The normalized spacial score (nSPS) is 9.76. The Morgan fingerprint density at radius 2 is 1.71 bits per heavy atom. The van der Waals surface area contributed by atoms with E-state index in [2.05, 4.69) is 11.9 Å². The Balaban J connectivity index is 2.01. The maximum Gasteiger partial charge on any atom is 0.407 e. The lowest BCUT2D eigenvalue weighted by molar-refractivity contribution is -0.139. The maximum atomic E-state index is 11.4. The first-order chi connectivity index (χ1) is 10.1. The zero-order chi connectivity index (χ0) is 15.5. The molecule has 0 saturated heterocycles. The van der Waals surface area contributed by atoms with Crippen LogP contribution in [-0.4, -0.2) is 25.3 Å². The van der Waals surface area contributed by atoms with Crippen molar-refractivity contribution in [3.63, 3.8) is 0 Å². The third kappa shape index (κ3) is 7.77. The number of rotatable bonds is 8. The SMILES string of the molecule is C=C(C)C(=O)OCCCCOC(=O)NCc1ccccc1. The van der Waals surface area contributed by atoms with Crippen LogP contribution in [0.5, 0.6) is 0 Å². The minimum atomic E-state index is -0.446. The standard InChI is InChI=1S/C16H21NO4/c1-13(2)15(18)20-10-6-7-11-21-16(19)17-12-14-8-4-3-5-9-14/h3-5,8-9H,1,6-7,10-12H2,2H3,(H,17,19). The van der Waals surface area contributed by atoms with Crippen molar-refractivity contribution < 1.29 is 19.1 Å². The highest BCUT2D eigenvalue weighted by molar-refractivity contribution is 5.86. The number of benzene rings is 1. The molecule has 1 aromatic carbocycles. The molecule has 0 aromatic heterocycles. The molecule has 1 aromatic rings. The lowest BCUT2D eigenvalue weighted by Crippen LogP contribution is -2.24. The Labute approximate surface area is 124 Å². The van der Waals surface area contributed by atoms with Crippen molar-refractivity contribution in [2.75, 3.05) is 13.2 Å². The second-order valence-corrected chi connectivity index (χ2v) is 4.60. The van der Waals surface area contributed by atoms with Crippen LogP contribution in [0.25, 0.3) is 0 Å². The monoisotopic (exact) mass is 291 g/mol. The van der Waals surface area contributed by atoms with Gasteiger partial charge in [0, 0.05) is 12.1 Å². The van der Waals surface area contributed by atoms with E-state index in [1.807, 2.05) is 30.3 Å². The average Bonchev–Trinajstić information content (AvgIpc) is 2.49. The summed E-state index contributed by atoms with van der Waals surface area (Å²) in [6, 6.07) is 9.60. The molecule has 0 heterocycles. The predicted molar refractivity (Wildman–Crippen MR) is 79.6 cm³/mol. The van der Waals surface area contributed by atoms with Gasteiger partial charge in [0.2, 0.25) is 0 Å². The van der Waals surface area contributed by atoms with Crippen LogP contribution in [0.4, 0.5) is 4.79 Å². The highest BCUT2D eigenvalue weighted by Crippen LogP contribution is 1.99. The van der Waals surface area contributed by atoms with Gasteiger partial charge in [0.15, 0.2) is 0 Å². The molecule has 5 nitrogen and oxygen atoms in total. The molecule has 1 amide bonds. The van der Waals surface area contributed by atoms with Gasteiger partial charge in [-0.25, -0.2) is 9.59 Å². The Hall–Kier alpha value is -2.30. The molecule has 0 aliphatic rings. The minimum absolute atomic E-state index is 0.297. The van der Waals surface area contributed by atoms with Crippen LogP contribution >= 0.6 is 0 Å². The van der Waals surface area contributed by atoms with Gasteiger partial charge in [-0.1, -0.05) is 36.9 Å². The lowest BCUT2D eigenvalue weighted by Gasteiger charge is -2.07. The van der Waals surface area contributed by atoms with Gasteiger partial charge in [-0.15, -0.1) is 0 Å². The Kier molecular flexibility index (Phi) is 7.64. The third-order valence-corrected chi connectivity index (χ3v) is 2.63. The fourth-order valence-corrected chi connectivity index (χ4v) is 1.48. The van der Waals surface area contributed by atoms with Gasteiger partial charge in [0.25, 0.3) is 0 Å². The van der Waals surface area contributed by atoms with Crippen LogP contribution in [0.15, 0.2) is 42.5 Å². The molecule has 1 N–H and O–H groups in total.